The van der Waals surface area contributed by atoms with Gasteiger partial charge in [-0.15, -0.1) is 0 Å². The molecule has 18 heavy (non-hydrogen) atoms. The summed E-state index contributed by atoms with van der Waals surface area (Å²) in [6.45, 7) is 11.0. The molecule has 0 amide bonds. The maximum absolute atomic E-state index is 3.53. The first-order chi connectivity index (χ1) is 8.47. The van der Waals surface area contributed by atoms with Gasteiger partial charge in [0.05, 0.1) is 0 Å². The van der Waals surface area contributed by atoms with Crippen LogP contribution in [0.5, 0.6) is 0 Å². The lowest BCUT2D eigenvalue weighted by Gasteiger charge is -2.20. The van der Waals surface area contributed by atoms with Gasteiger partial charge < -0.3 is 9.88 Å². The average Bonchev–Trinajstić information content (AvgIpc) is 2.62. The molecule has 1 heterocycles. The summed E-state index contributed by atoms with van der Waals surface area (Å²) in [7, 11) is 0. The molecule has 0 spiro atoms. The normalized spacial score (nSPS) is 12.2. The lowest BCUT2D eigenvalue weighted by molar-refractivity contribution is 0.414. The van der Waals surface area contributed by atoms with E-state index in [-0.39, 0.29) is 5.54 Å². The summed E-state index contributed by atoms with van der Waals surface area (Å²) in [5, 5.41) is 4.91. The van der Waals surface area contributed by atoms with Crippen molar-refractivity contribution in [2.24, 2.45) is 0 Å². The Bertz CT molecular complexity index is 517. The Morgan fingerprint density at radius 3 is 2.61 bits per heavy atom. The van der Waals surface area contributed by atoms with E-state index in [1.54, 1.807) is 0 Å². The van der Waals surface area contributed by atoms with Gasteiger partial charge >= 0.3 is 0 Å². The molecule has 0 aliphatic carbocycles. The van der Waals surface area contributed by atoms with Crippen molar-refractivity contribution in [2.75, 3.05) is 6.54 Å². The molecule has 98 valence electrons. The van der Waals surface area contributed by atoms with Crippen molar-refractivity contribution >= 4 is 10.9 Å². The summed E-state index contributed by atoms with van der Waals surface area (Å²) < 4.78 is 2.37. The molecule has 0 aliphatic heterocycles. The van der Waals surface area contributed by atoms with Crippen molar-refractivity contribution < 1.29 is 0 Å². The minimum absolute atomic E-state index is 0.217. The Morgan fingerprint density at radius 2 is 1.89 bits per heavy atom. The summed E-state index contributed by atoms with van der Waals surface area (Å²) in [6, 6.07) is 8.64. The number of benzene rings is 1. The first-order valence-corrected chi connectivity index (χ1v) is 6.77. The number of aromatic nitrogens is 1. The Morgan fingerprint density at radius 1 is 1.17 bits per heavy atom. The van der Waals surface area contributed by atoms with E-state index in [9.17, 15) is 0 Å². The van der Waals surface area contributed by atoms with Crippen LogP contribution in [0.15, 0.2) is 30.5 Å². The minimum atomic E-state index is 0.217. The Labute approximate surface area is 110 Å². The number of hydrogen-bond donors (Lipinski definition) is 1. The van der Waals surface area contributed by atoms with Crippen LogP contribution in [0.3, 0.4) is 0 Å². The summed E-state index contributed by atoms with van der Waals surface area (Å²) >= 11 is 0. The number of nitrogens with zero attached hydrogens (tertiary/aromatic N) is 1. The number of hydrogen-bond acceptors (Lipinski definition) is 1. The Balaban J connectivity index is 2.00. The van der Waals surface area contributed by atoms with E-state index in [1.165, 1.54) is 16.5 Å². The van der Waals surface area contributed by atoms with Crippen LogP contribution in [-0.2, 0) is 6.54 Å². The summed E-state index contributed by atoms with van der Waals surface area (Å²) in [6.07, 6.45) is 3.43. The van der Waals surface area contributed by atoms with Gasteiger partial charge in [0, 0.05) is 29.2 Å². The first kappa shape index (κ1) is 13.2. The van der Waals surface area contributed by atoms with Gasteiger partial charge in [-0.25, -0.2) is 0 Å². The molecule has 1 N–H and O–H groups in total. The smallest absolute Gasteiger partial charge is 0.0483 e. The molecule has 0 unspecified atom stereocenters. The highest BCUT2D eigenvalue weighted by atomic mass is 15.0. The second-order valence-electron chi connectivity index (χ2n) is 6.05. The second kappa shape index (κ2) is 5.15. The molecule has 2 rings (SSSR count). The predicted octanol–water partition coefficient (Wildman–Crippen LogP) is 3.73. The molecule has 2 heteroatoms. The predicted molar refractivity (Wildman–Crippen MR) is 79.0 cm³/mol. The molecule has 1 aromatic heterocycles. The number of nitrogens with one attached hydrogen (secondary N) is 1. The lowest BCUT2D eigenvalue weighted by Crippen LogP contribution is -2.36. The monoisotopic (exact) mass is 244 g/mol. The molecule has 0 saturated carbocycles. The highest BCUT2D eigenvalue weighted by Crippen LogP contribution is 2.20. The number of aryl methyl sites for hydroxylation is 2. The van der Waals surface area contributed by atoms with Gasteiger partial charge in [0.25, 0.3) is 0 Å². The molecule has 0 fully saturated rings. The molecule has 0 saturated heterocycles. The van der Waals surface area contributed by atoms with E-state index in [2.05, 4.69) is 68.0 Å². The molecule has 0 radical (unpaired) electrons. The van der Waals surface area contributed by atoms with Gasteiger partial charge in [0.15, 0.2) is 0 Å². The van der Waals surface area contributed by atoms with Gasteiger partial charge in [-0.05, 0) is 52.3 Å². The van der Waals surface area contributed by atoms with E-state index in [4.69, 9.17) is 0 Å². The third kappa shape index (κ3) is 3.14. The van der Waals surface area contributed by atoms with Gasteiger partial charge in [0.1, 0.15) is 0 Å². The summed E-state index contributed by atoms with van der Waals surface area (Å²) in [5.74, 6) is 0. The maximum atomic E-state index is 3.53. The van der Waals surface area contributed by atoms with Crippen molar-refractivity contribution in [2.45, 2.75) is 46.2 Å². The fourth-order valence-corrected chi connectivity index (χ4v) is 2.33. The van der Waals surface area contributed by atoms with Crippen LogP contribution >= 0.6 is 0 Å². The van der Waals surface area contributed by atoms with E-state index in [0.717, 1.165) is 19.5 Å². The standard InChI is InChI=1S/C16H24N2/c1-13-12-18(11-7-10-17-16(2,3)4)15-9-6-5-8-14(13)15/h5-6,8-9,12,17H,7,10-11H2,1-4H3. The Hall–Kier alpha value is -1.28. The third-order valence-electron chi connectivity index (χ3n) is 3.22. The summed E-state index contributed by atoms with van der Waals surface area (Å²) in [4.78, 5) is 0. The van der Waals surface area contributed by atoms with Gasteiger partial charge in [0.2, 0.25) is 0 Å². The van der Waals surface area contributed by atoms with E-state index < -0.39 is 0 Å². The van der Waals surface area contributed by atoms with Crippen molar-refractivity contribution in [3.63, 3.8) is 0 Å². The van der Waals surface area contributed by atoms with Crippen molar-refractivity contribution in [3.05, 3.63) is 36.0 Å². The Kier molecular flexibility index (Phi) is 3.76. The van der Waals surface area contributed by atoms with Crippen molar-refractivity contribution in [1.29, 1.82) is 0 Å². The molecular weight excluding hydrogens is 220 g/mol. The fraction of sp³-hybridized carbons (Fsp3) is 0.500. The highest BCUT2D eigenvalue weighted by molar-refractivity contribution is 5.83. The van der Waals surface area contributed by atoms with Gasteiger partial charge in [-0.3, -0.25) is 0 Å². The van der Waals surface area contributed by atoms with Crippen LogP contribution in [0.25, 0.3) is 10.9 Å². The van der Waals surface area contributed by atoms with E-state index in [0.29, 0.717) is 0 Å². The quantitative estimate of drug-likeness (QED) is 0.811. The van der Waals surface area contributed by atoms with Gasteiger partial charge in [-0.2, -0.15) is 0 Å². The topological polar surface area (TPSA) is 17.0 Å². The molecule has 0 aliphatic rings. The van der Waals surface area contributed by atoms with Crippen LogP contribution in [0, 0.1) is 6.92 Å². The van der Waals surface area contributed by atoms with Crippen LogP contribution < -0.4 is 5.32 Å². The van der Waals surface area contributed by atoms with Crippen molar-refractivity contribution in [3.8, 4) is 0 Å². The van der Waals surface area contributed by atoms with Gasteiger partial charge in [-0.1, -0.05) is 18.2 Å². The molecule has 1 aromatic carbocycles. The second-order valence-corrected chi connectivity index (χ2v) is 6.05. The third-order valence-corrected chi connectivity index (χ3v) is 3.22. The minimum Gasteiger partial charge on any atom is -0.347 e. The lowest BCUT2D eigenvalue weighted by atomic mass is 10.1. The fourth-order valence-electron chi connectivity index (χ4n) is 2.33. The summed E-state index contributed by atoms with van der Waals surface area (Å²) in [5.41, 5.74) is 2.94. The molecule has 0 bridgehead atoms. The zero-order valence-corrected chi connectivity index (χ0v) is 12.0. The maximum Gasteiger partial charge on any atom is 0.0483 e. The molecule has 2 aromatic rings. The largest absolute Gasteiger partial charge is 0.347 e. The average molecular weight is 244 g/mol. The zero-order chi connectivity index (χ0) is 13.2. The van der Waals surface area contributed by atoms with E-state index >= 15 is 0 Å². The first-order valence-electron chi connectivity index (χ1n) is 6.77. The van der Waals surface area contributed by atoms with Crippen molar-refractivity contribution in [1.82, 2.24) is 9.88 Å². The zero-order valence-electron chi connectivity index (χ0n) is 12.0. The van der Waals surface area contributed by atoms with Crippen LogP contribution in [0.2, 0.25) is 0 Å². The number of para-hydroxylation sites is 1. The van der Waals surface area contributed by atoms with Crippen LogP contribution in [0.4, 0.5) is 0 Å². The number of rotatable bonds is 4. The molecule has 2 nitrogen and oxygen atoms in total. The van der Waals surface area contributed by atoms with Crippen LogP contribution in [0.1, 0.15) is 32.8 Å². The molecular formula is C16H24N2. The van der Waals surface area contributed by atoms with Crippen LogP contribution in [-0.4, -0.2) is 16.7 Å². The van der Waals surface area contributed by atoms with E-state index in [1.807, 2.05) is 0 Å². The SMILES string of the molecule is Cc1cn(CCCNC(C)(C)C)c2ccccc12. The number of fused-ring (bicyclic) bond motifs is 1. The molecule has 0 atom stereocenters. The highest BCUT2D eigenvalue weighted by Gasteiger charge is 2.08.